The van der Waals surface area contributed by atoms with E-state index in [1.54, 1.807) is 18.7 Å². The van der Waals surface area contributed by atoms with Gasteiger partial charge >= 0.3 is 0 Å². The van der Waals surface area contributed by atoms with Crippen LogP contribution in [0.5, 0.6) is 0 Å². The minimum atomic E-state index is 0.0561. The number of rotatable bonds is 7. The predicted octanol–water partition coefficient (Wildman–Crippen LogP) is 4.14. The van der Waals surface area contributed by atoms with Crippen LogP contribution in [-0.2, 0) is 11.3 Å². The van der Waals surface area contributed by atoms with E-state index in [4.69, 9.17) is 10.7 Å². The molecule has 4 N–H and O–H groups in total. The Kier molecular flexibility index (Phi) is 5.88. The molecule has 0 atom stereocenters. The van der Waals surface area contributed by atoms with Crippen LogP contribution in [0.25, 0.3) is 27.8 Å². The second-order valence-electron chi connectivity index (χ2n) is 9.61. The quantitative estimate of drug-likeness (QED) is 0.301. The van der Waals surface area contributed by atoms with Gasteiger partial charge < -0.3 is 20.6 Å². The summed E-state index contributed by atoms with van der Waals surface area (Å²) in [5.41, 5.74) is 9.99. The van der Waals surface area contributed by atoms with E-state index in [0.717, 1.165) is 72.3 Å². The van der Waals surface area contributed by atoms with Crippen molar-refractivity contribution in [1.82, 2.24) is 34.2 Å². The van der Waals surface area contributed by atoms with Crippen molar-refractivity contribution in [1.29, 1.82) is 0 Å². The highest BCUT2D eigenvalue weighted by Gasteiger charge is 2.30. The van der Waals surface area contributed by atoms with Crippen molar-refractivity contribution in [3.8, 4) is 11.4 Å². The third-order valence-electron chi connectivity index (χ3n) is 7.31. The molecule has 6 rings (SSSR count). The summed E-state index contributed by atoms with van der Waals surface area (Å²) in [5, 5.41) is 4.26. The van der Waals surface area contributed by atoms with E-state index in [2.05, 4.69) is 42.9 Å². The van der Waals surface area contributed by atoms with Gasteiger partial charge in [0.05, 0.1) is 12.0 Å². The summed E-state index contributed by atoms with van der Waals surface area (Å²) >= 11 is 0. The number of benzene rings is 1. The molecule has 0 spiro atoms. The lowest BCUT2D eigenvalue weighted by Gasteiger charge is -2.27. The average molecular weight is 483 g/mol. The molecule has 0 unspecified atom stereocenters. The van der Waals surface area contributed by atoms with Gasteiger partial charge in [-0.2, -0.15) is 0 Å². The number of aromatic amines is 1. The molecule has 36 heavy (non-hydrogen) atoms. The van der Waals surface area contributed by atoms with Crippen LogP contribution in [0.4, 0.5) is 5.82 Å². The number of nitrogen functional groups attached to an aromatic ring is 1. The lowest BCUT2D eigenvalue weighted by Crippen LogP contribution is -2.34. The number of amides is 1. The fourth-order valence-electron chi connectivity index (χ4n) is 5.41. The number of aryl methyl sites for hydroxylation is 1. The summed E-state index contributed by atoms with van der Waals surface area (Å²) in [6, 6.07) is 10.3. The standard InChI is InChI=1S/C27H30N8O/c28-25-24-23(22-16-20-4-1-2-5-21(20)32-22)33-26(35(24)15-12-30-25)18-6-8-19(9-7-18)27(36)31-10-3-13-34-14-11-29-17-34/h1-2,4-5,11-12,14-19,32H,3,6-10,13H2,(H2,28,30)(H,31,36). The Morgan fingerprint density at radius 2 is 2.00 bits per heavy atom. The molecule has 9 nitrogen and oxygen atoms in total. The predicted molar refractivity (Wildman–Crippen MR) is 139 cm³/mol. The van der Waals surface area contributed by atoms with Crippen molar-refractivity contribution >= 4 is 28.1 Å². The largest absolute Gasteiger partial charge is 0.382 e. The summed E-state index contributed by atoms with van der Waals surface area (Å²) in [6.07, 6.45) is 13.6. The number of hydrogen-bond donors (Lipinski definition) is 3. The molecule has 9 heteroatoms. The number of para-hydroxylation sites is 1. The summed E-state index contributed by atoms with van der Waals surface area (Å²) in [6.45, 7) is 1.54. The molecule has 5 aromatic rings. The van der Waals surface area contributed by atoms with E-state index in [1.165, 1.54) is 0 Å². The normalized spacial score (nSPS) is 18.1. The van der Waals surface area contributed by atoms with Crippen molar-refractivity contribution in [2.24, 2.45) is 5.92 Å². The number of aromatic nitrogens is 6. The number of fused-ring (bicyclic) bond motifs is 2. The third kappa shape index (κ3) is 4.21. The number of carbonyl (C=O) groups is 1. The zero-order chi connectivity index (χ0) is 24.5. The number of hydrogen-bond acceptors (Lipinski definition) is 5. The Labute approximate surface area is 208 Å². The molecule has 0 saturated heterocycles. The van der Waals surface area contributed by atoms with Crippen LogP contribution in [0, 0.1) is 5.92 Å². The molecule has 0 bridgehead atoms. The van der Waals surface area contributed by atoms with Gasteiger partial charge in [0.15, 0.2) is 0 Å². The molecule has 1 aromatic carbocycles. The number of anilines is 1. The lowest BCUT2D eigenvalue weighted by atomic mass is 9.81. The number of nitrogens with two attached hydrogens (primary N) is 1. The van der Waals surface area contributed by atoms with E-state index in [9.17, 15) is 4.79 Å². The zero-order valence-electron chi connectivity index (χ0n) is 20.1. The van der Waals surface area contributed by atoms with Crippen LogP contribution >= 0.6 is 0 Å². The second-order valence-corrected chi connectivity index (χ2v) is 9.61. The Morgan fingerprint density at radius 1 is 1.14 bits per heavy atom. The molecule has 1 aliphatic rings. The maximum Gasteiger partial charge on any atom is 0.223 e. The molecular weight excluding hydrogens is 452 g/mol. The topological polar surface area (TPSA) is 119 Å². The van der Waals surface area contributed by atoms with Crippen LogP contribution in [0.2, 0.25) is 0 Å². The summed E-state index contributed by atoms with van der Waals surface area (Å²) in [7, 11) is 0. The van der Waals surface area contributed by atoms with Gasteiger partial charge in [-0.25, -0.2) is 15.0 Å². The van der Waals surface area contributed by atoms with Crippen molar-refractivity contribution in [3.05, 3.63) is 67.3 Å². The number of nitrogens with one attached hydrogen (secondary N) is 2. The average Bonchev–Trinajstić information content (AvgIpc) is 3.65. The van der Waals surface area contributed by atoms with Crippen LogP contribution in [0.15, 0.2) is 61.4 Å². The van der Waals surface area contributed by atoms with Crippen molar-refractivity contribution in [2.75, 3.05) is 12.3 Å². The zero-order valence-corrected chi connectivity index (χ0v) is 20.1. The maximum absolute atomic E-state index is 12.8. The Bertz CT molecular complexity index is 1460. The van der Waals surface area contributed by atoms with E-state index in [1.807, 2.05) is 29.1 Å². The number of imidazole rings is 2. The Morgan fingerprint density at radius 3 is 2.81 bits per heavy atom. The van der Waals surface area contributed by atoms with Gasteiger partial charge in [0.1, 0.15) is 22.9 Å². The van der Waals surface area contributed by atoms with E-state index in [0.29, 0.717) is 12.4 Å². The molecule has 1 fully saturated rings. The van der Waals surface area contributed by atoms with Gasteiger partial charge in [-0.05, 0) is 44.2 Å². The van der Waals surface area contributed by atoms with Crippen LogP contribution in [0.1, 0.15) is 43.8 Å². The highest BCUT2D eigenvalue weighted by molar-refractivity contribution is 5.91. The highest BCUT2D eigenvalue weighted by Crippen LogP contribution is 2.38. The van der Waals surface area contributed by atoms with Gasteiger partial charge in [-0.1, -0.05) is 18.2 Å². The fraction of sp³-hybridized carbons (Fsp3) is 0.333. The lowest BCUT2D eigenvalue weighted by molar-refractivity contribution is -0.126. The summed E-state index contributed by atoms with van der Waals surface area (Å²) in [5.74, 6) is 1.95. The molecule has 0 radical (unpaired) electrons. The van der Waals surface area contributed by atoms with Crippen LogP contribution < -0.4 is 11.1 Å². The van der Waals surface area contributed by atoms with Gasteiger partial charge in [-0.3, -0.25) is 9.20 Å². The first-order valence-corrected chi connectivity index (χ1v) is 12.6. The van der Waals surface area contributed by atoms with E-state index in [-0.39, 0.29) is 17.7 Å². The van der Waals surface area contributed by atoms with Crippen molar-refractivity contribution in [2.45, 2.75) is 44.6 Å². The molecular formula is C27H30N8O. The van der Waals surface area contributed by atoms with Gasteiger partial charge in [0.25, 0.3) is 0 Å². The number of carbonyl (C=O) groups excluding carboxylic acids is 1. The minimum absolute atomic E-state index is 0.0561. The second kappa shape index (κ2) is 9.49. The monoisotopic (exact) mass is 482 g/mol. The first-order valence-electron chi connectivity index (χ1n) is 12.6. The SMILES string of the molecule is Nc1nccn2c(C3CCC(C(=O)NCCCn4ccnc4)CC3)nc(-c3cc4ccccc4[nH]3)c12. The maximum atomic E-state index is 12.8. The molecule has 184 valence electrons. The van der Waals surface area contributed by atoms with Crippen LogP contribution in [0.3, 0.4) is 0 Å². The molecule has 1 amide bonds. The van der Waals surface area contributed by atoms with Gasteiger partial charge in [-0.15, -0.1) is 0 Å². The van der Waals surface area contributed by atoms with Crippen molar-refractivity contribution in [3.63, 3.8) is 0 Å². The molecule has 0 aliphatic heterocycles. The Hall–Kier alpha value is -4.14. The summed E-state index contributed by atoms with van der Waals surface area (Å²) in [4.78, 5) is 29.7. The molecule has 4 aromatic heterocycles. The Balaban J connectivity index is 1.16. The van der Waals surface area contributed by atoms with Crippen LogP contribution in [-0.4, -0.2) is 41.4 Å². The van der Waals surface area contributed by atoms with E-state index < -0.39 is 0 Å². The summed E-state index contributed by atoms with van der Waals surface area (Å²) < 4.78 is 4.11. The number of H-pyrrole nitrogens is 1. The fourth-order valence-corrected chi connectivity index (χ4v) is 5.41. The highest BCUT2D eigenvalue weighted by atomic mass is 16.1. The first kappa shape index (κ1) is 22.3. The molecule has 1 aliphatic carbocycles. The molecule has 4 heterocycles. The van der Waals surface area contributed by atoms with Gasteiger partial charge in [0, 0.05) is 60.6 Å². The third-order valence-corrected chi connectivity index (χ3v) is 7.31. The first-order chi connectivity index (χ1) is 17.7. The van der Waals surface area contributed by atoms with Gasteiger partial charge in [0.2, 0.25) is 5.91 Å². The van der Waals surface area contributed by atoms with E-state index >= 15 is 0 Å². The molecule has 1 saturated carbocycles. The van der Waals surface area contributed by atoms with Crippen molar-refractivity contribution < 1.29 is 4.79 Å². The smallest absolute Gasteiger partial charge is 0.223 e. The minimum Gasteiger partial charge on any atom is -0.382 e. The number of nitrogens with zero attached hydrogens (tertiary/aromatic N) is 5.